The standard InChI is InChI=1S/C7H5BrF2N2O/c8-4-1-3(2-13)5(6(9)10)7(11)12-4/h1-2,6H,(H2,11,12). The number of nitrogens with two attached hydrogens (primary N) is 1. The van der Waals surface area contributed by atoms with Gasteiger partial charge in [-0.2, -0.15) is 0 Å². The smallest absolute Gasteiger partial charge is 0.268 e. The van der Waals surface area contributed by atoms with E-state index in [4.69, 9.17) is 5.73 Å². The molecule has 1 heterocycles. The third-order valence-corrected chi connectivity index (χ3v) is 1.84. The summed E-state index contributed by atoms with van der Waals surface area (Å²) in [6.45, 7) is 0. The summed E-state index contributed by atoms with van der Waals surface area (Å²) < 4.78 is 24.9. The number of halogens is 3. The summed E-state index contributed by atoms with van der Waals surface area (Å²) in [5, 5.41) is 0. The van der Waals surface area contributed by atoms with Gasteiger partial charge in [-0.15, -0.1) is 0 Å². The highest BCUT2D eigenvalue weighted by Crippen LogP contribution is 2.28. The van der Waals surface area contributed by atoms with Crippen LogP contribution in [0.15, 0.2) is 10.7 Å². The third-order valence-electron chi connectivity index (χ3n) is 1.43. The topological polar surface area (TPSA) is 56.0 Å². The van der Waals surface area contributed by atoms with E-state index in [1.807, 2.05) is 0 Å². The molecule has 1 aromatic heterocycles. The summed E-state index contributed by atoms with van der Waals surface area (Å²) in [5.74, 6) is -0.327. The molecule has 0 bridgehead atoms. The van der Waals surface area contributed by atoms with Crippen LogP contribution in [0.25, 0.3) is 0 Å². The van der Waals surface area contributed by atoms with E-state index < -0.39 is 12.0 Å². The van der Waals surface area contributed by atoms with Crippen molar-refractivity contribution in [2.45, 2.75) is 6.43 Å². The van der Waals surface area contributed by atoms with Crippen molar-refractivity contribution in [2.24, 2.45) is 0 Å². The number of carbonyl (C=O) groups excluding carboxylic acids is 1. The maximum atomic E-state index is 12.3. The average molecular weight is 251 g/mol. The van der Waals surface area contributed by atoms with Crippen LogP contribution in [0.2, 0.25) is 0 Å². The molecule has 1 aromatic rings. The highest BCUT2D eigenvalue weighted by Gasteiger charge is 2.18. The molecular formula is C7H5BrF2N2O. The third kappa shape index (κ3) is 2.00. The Morgan fingerprint density at radius 2 is 2.23 bits per heavy atom. The van der Waals surface area contributed by atoms with Crippen LogP contribution in [0, 0.1) is 0 Å². The van der Waals surface area contributed by atoms with Gasteiger partial charge in [0.15, 0.2) is 6.29 Å². The number of aldehydes is 1. The number of carbonyl (C=O) groups is 1. The first-order valence-electron chi connectivity index (χ1n) is 3.25. The Morgan fingerprint density at radius 3 is 2.69 bits per heavy atom. The van der Waals surface area contributed by atoms with Gasteiger partial charge in [0.1, 0.15) is 10.4 Å². The van der Waals surface area contributed by atoms with Crippen LogP contribution in [0.4, 0.5) is 14.6 Å². The van der Waals surface area contributed by atoms with Gasteiger partial charge in [0, 0.05) is 5.56 Å². The van der Waals surface area contributed by atoms with Crippen molar-refractivity contribution < 1.29 is 13.6 Å². The zero-order valence-electron chi connectivity index (χ0n) is 6.30. The molecule has 0 aromatic carbocycles. The summed E-state index contributed by atoms with van der Waals surface area (Å²) in [5.41, 5.74) is 4.56. The summed E-state index contributed by atoms with van der Waals surface area (Å²) in [6, 6.07) is 1.20. The Morgan fingerprint density at radius 1 is 1.62 bits per heavy atom. The van der Waals surface area contributed by atoms with Crippen LogP contribution in [0.3, 0.4) is 0 Å². The largest absolute Gasteiger partial charge is 0.383 e. The first kappa shape index (κ1) is 10.0. The number of hydrogen-bond donors (Lipinski definition) is 1. The lowest BCUT2D eigenvalue weighted by Crippen LogP contribution is -2.03. The van der Waals surface area contributed by atoms with Gasteiger partial charge in [-0.1, -0.05) is 0 Å². The summed E-state index contributed by atoms with van der Waals surface area (Å²) in [6.07, 6.45) is -2.47. The number of aromatic nitrogens is 1. The van der Waals surface area contributed by atoms with E-state index in [2.05, 4.69) is 20.9 Å². The molecule has 0 aliphatic heterocycles. The van der Waals surface area contributed by atoms with Gasteiger partial charge >= 0.3 is 0 Å². The first-order valence-corrected chi connectivity index (χ1v) is 4.04. The number of hydrogen-bond acceptors (Lipinski definition) is 3. The lowest BCUT2D eigenvalue weighted by atomic mass is 10.1. The van der Waals surface area contributed by atoms with Crippen LogP contribution >= 0.6 is 15.9 Å². The minimum absolute atomic E-state index is 0.144. The fourth-order valence-corrected chi connectivity index (χ4v) is 1.33. The van der Waals surface area contributed by atoms with E-state index in [1.165, 1.54) is 6.07 Å². The second-order valence-corrected chi connectivity index (χ2v) is 3.06. The minimum atomic E-state index is -2.79. The number of anilines is 1. The van der Waals surface area contributed by atoms with Crippen molar-refractivity contribution >= 4 is 28.0 Å². The maximum Gasteiger partial charge on any atom is 0.268 e. The Kier molecular flexibility index (Phi) is 2.92. The fourth-order valence-electron chi connectivity index (χ4n) is 0.897. The van der Waals surface area contributed by atoms with Crippen LogP contribution in [-0.2, 0) is 0 Å². The van der Waals surface area contributed by atoms with E-state index in [0.29, 0.717) is 6.29 Å². The highest BCUT2D eigenvalue weighted by molar-refractivity contribution is 9.10. The van der Waals surface area contributed by atoms with Crippen molar-refractivity contribution in [3.63, 3.8) is 0 Å². The van der Waals surface area contributed by atoms with Crippen molar-refractivity contribution in [3.8, 4) is 0 Å². The van der Waals surface area contributed by atoms with Crippen LogP contribution in [0.1, 0.15) is 22.3 Å². The van der Waals surface area contributed by atoms with Crippen molar-refractivity contribution in [1.82, 2.24) is 4.98 Å². The molecule has 13 heavy (non-hydrogen) atoms. The van der Waals surface area contributed by atoms with E-state index in [1.54, 1.807) is 0 Å². The van der Waals surface area contributed by atoms with Gasteiger partial charge in [0.25, 0.3) is 6.43 Å². The zero-order valence-corrected chi connectivity index (χ0v) is 7.88. The molecule has 0 atom stereocenters. The van der Waals surface area contributed by atoms with Crippen molar-refractivity contribution in [3.05, 3.63) is 21.8 Å². The molecule has 0 aliphatic carbocycles. The van der Waals surface area contributed by atoms with Gasteiger partial charge in [0.05, 0.1) is 5.56 Å². The lowest BCUT2D eigenvalue weighted by Gasteiger charge is -2.06. The predicted octanol–water partition coefficient (Wildman–Crippen LogP) is 2.18. The molecule has 1 rings (SSSR count). The minimum Gasteiger partial charge on any atom is -0.383 e. The van der Waals surface area contributed by atoms with Gasteiger partial charge in [-0.25, -0.2) is 13.8 Å². The van der Waals surface area contributed by atoms with E-state index >= 15 is 0 Å². The van der Waals surface area contributed by atoms with Gasteiger partial charge in [-0.05, 0) is 22.0 Å². The molecule has 0 fully saturated rings. The molecule has 0 spiro atoms. The monoisotopic (exact) mass is 250 g/mol. The number of nitrogen functional groups attached to an aromatic ring is 1. The second-order valence-electron chi connectivity index (χ2n) is 2.25. The Hall–Kier alpha value is -1.04. The quantitative estimate of drug-likeness (QED) is 0.647. The van der Waals surface area contributed by atoms with Crippen LogP contribution in [0.5, 0.6) is 0 Å². The average Bonchev–Trinajstić information content (AvgIpc) is 2.01. The van der Waals surface area contributed by atoms with Crippen molar-refractivity contribution in [2.75, 3.05) is 5.73 Å². The fraction of sp³-hybridized carbons (Fsp3) is 0.143. The molecule has 0 unspecified atom stereocenters. The summed E-state index contributed by atoms with van der Waals surface area (Å²) in [7, 11) is 0. The predicted molar refractivity (Wildman–Crippen MR) is 46.7 cm³/mol. The number of rotatable bonds is 2. The summed E-state index contributed by atoms with van der Waals surface area (Å²) in [4.78, 5) is 14.0. The van der Waals surface area contributed by atoms with Gasteiger partial charge in [-0.3, -0.25) is 4.79 Å². The van der Waals surface area contributed by atoms with E-state index in [0.717, 1.165) is 0 Å². The molecule has 0 amide bonds. The molecular weight excluding hydrogens is 246 g/mol. The lowest BCUT2D eigenvalue weighted by molar-refractivity contribution is 0.110. The SMILES string of the molecule is Nc1nc(Br)cc(C=O)c1C(F)F. The van der Waals surface area contributed by atoms with Gasteiger partial charge < -0.3 is 5.73 Å². The van der Waals surface area contributed by atoms with Crippen LogP contribution < -0.4 is 5.73 Å². The molecule has 0 aliphatic rings. The van der Waals surface area contributed by atoms with Crippen LogP contribution in [-0.4, -0.2) is 11.3 Å². The molecule has 2 N–H and O–H groups in total. The van der Waals surface area contributed by atoms with E-state index in [9.17, 15) is 13.6 Å². The molecule has 0 saturated heterocycles. The molecule has 0 radical (unpaired) electrons. The van der Waals surface area contributed by atoms with Gasteiger partial charge in [0.2, 0.25) is 0 Å². The summed E-state index contributed by atoms with van der Waals surface area (Å²) >= 11 is 2.94. The highest BCUT2D eigenvalue weighted by atomic mass is 79.9. The Bertz CT molecular complexity index is 344. The zero-order chi connectivity index (χ0) is 10.0. The number of alkyl halides is 2. The molecule has 3 nitrogen and oxygen atoms in total. The molecule has 0 saturated carbocycles. The number of nitrogens with zero attached hydrogens (tertiary/aromatic N) is 1. The second kappa shape index (κ2) is 3.78. The van der Waals surface area contributed by atoms with Crippen molar-refractivity contribution in [1.29, 1.82) is 0 Å². The number of pyridine rings is 1. The molecule has 6 heteroatoms. The van der Waals surface area contributed by atoms with E-state index in [-0.39, 0.29) is 16.0 Å². The normalized spacial score (nSPS) is 10.5. The Labute approximate surface area is 81.1 Å². The Balaban J connectivity index is 3.38. The molecule has 70 valence electrons. The maximum absolute atomic E-state index is 12.3. The first-order chi connectivity index (χ1) is 6.06.